The summed E-state index contributed by atoms with van der Waals surface area (Å²) in [4.78, 5) is 0. The summed E-state index contributed by atoms with van der Waals surface area (Å²) < 4.78 is 5.64. The van der Waals surface area contributed by atoms with E-state index in [4.69, 9.17) is 10.5 Å². The molecule has 2 aromatic rings. The van der Waals surface area contributed by atoms with Gasteiger partial charge < -0.3 is 10.5 Å². The van der Waals surface area contributed by atoms with Crippen molar-refractivity contribution < 1.29 is 4.74 Å². The molecule has 19 heavy (non-hydrogen) atoms. The topological polar surface area (TPSA) is 35.2 Å². The zero-order chi connectivity index (χ0) is 13.5. The maximum Gasteiger partial charge on any atom is 0.119 e. The van der Waals surface area contributed by atoms with Gasteiger partial charge in [-0.25, -0.2) is 0 Å². The second-order valence-corrected chi connectivity index (χ2v) is 4.72. The molecule has 0 spiro atoms. The molecule has 2 N–H and O–H groups in total. The fraction of sp³-hybridized carbons (Fsp3) is 0.294. The third kappa shape index (κ3) is 4.11. The number of rotatable bonds is 6. The van der Waals surface area contributed by atoms with E-state index in [9.17, 15) is 0 Å². The molecule has 0 aliphatic carbocycles. The zero-order valence-electron chi connectivity index (χ0n) is 11.4. The predicted molar refractivity (Wildman–Crippen MR) is 79.3 cm³/mol. The molecule has 0 fully saturated rings. The third-order valence-electron chi connectivity index (χ3n) is 3.06. The summed E-state index contributed by atoms with van der Waals surface area (Å²) in [7, 11) is 0. The quantitative estimate of drug-likeness (QED) is 0.854. The highest BCUT2D eigenvalue weighted by Gasteiger charge is 2.08. The molecule has 0 aromatic heterocycles. The second kappa shape index (κ2) is 6.95. The molecule has 2 rings (SSSR count). The Labute approximate surface area is 115 Å². The van der Waals surface area contributed by atoms with Crippen molar-refractivity contribution in [2.24, 2.45) is 5.73 Å². The van der Waals surface area contributed by atoms with Crippen molar-refractivity contribution in [3.63, 3.8) is 0 Å². The number of benzene rings is 2. The highest BCUT2D eigenvalue weighted by Crippen LogP contribution is 2.21. The molecule has 0 heterocycles. The molecule has 0 aliphatic rings. The summed E-state index contributed by atoms with van der Waals surface area (Å²) in [6, 6.07) is 18.4. The van der Waals surface area contributed by atoms with Crippen LogP contribution in [0.2, 0.25) is 0 Å². The van der Waals surface area contributed by atoms with Crippen LogP contribution in [0.25, 0.3) is 0 Å². The Morgan fingerprint density at radius 3 is 2.58 bits per heavy atom. The van der Waals surface area contributed by atoms with E-state index in [1.54, 1.807) is 0 Å². The molecule has 2 heteroatoms. The molecule has 1 atom stereocenters. The van der Waals surface area contributed by atoms with Crippen molar-refractivity contribution >= 4 is 0 Å². The van der Waals surface area contributed by atoms with Crippen LogP contribution in [0.5, 0.6) is 5.75 Å². The molecule has 0 saturated heterocycles. The van der Waals surface area contributed by atoms with Crippen molar-refractivity contribution in [2.75, 3.05) is 6.61 Å². The average molecular weight is 255 g/mol. The Morgan fingerprint density at radius 1 is 1.05 bits per heavy atom. The lowest BCUT2D eigenvalue weighted by Gasteiger charge is -2.14. The van der Waals surface area contributed by atoms with Crippen molar-refractivity contribution in [1.82, 2.24) is 0 Å². The van der Waals surface area contributed by atoms with Crippen LogP contribution in [0.4, 0.5) is 0 Å². The zero-order valence-corrected chi connectivity index (χ0v) is 11.4. The number of nitrogens with two attached hydrogens (primary N) is 1. The van der Waals surface area contributed by atoms with Crippen LogP contribution in [-0.2, 0) is 6.42 Å². The van der Waals surface area contributed by atoms with Crippen molar-refractivity contribution in [3.05, 3.63) is 65.7 Å². The van der Waals surface area contributed by atoms with Gasteiger partial charge in [0.2, 0.25) is 0 Å². The summed E-state index contributed by atoms with van der Waals surface area (Å²) in [5.74, 6) is 0.905. The van der Waals surface area contributed by atoms with Crippen LogP contribution < -0.4 is 10.5 Å². The van der Waals surface area contributed by atoms with Crippen LogP contribution in [0.3, 0.4) is 0 Å². The lowest BCUT2D eigenvalue weighted by atomic mass is 10.00. The van der Waals surface area contributed by atoms with Crippen LogP contribution in [0.1, 0.15) is 30.5 Å². The summed E-state index contributed by atoms with van der Waals surface area (Å²) in [6.07, 6.45) is 1.86. The first-order valence-corrected chi connectivity index (χ1v) is 6.82. The van der Waals surface area contributed by atoms with Gasteiger partial charge in [-0.1, -0.05) is 49.4 Å². The summed E-state index contributed by atoms with van der Waals surface area (Å²) >= 11 is 0. The van der Waals surface area contributed by atoms with E-state index in [2.05, 4.69) is 25.1 Å². The van der Waals surface area contributed by atoms with E-state index in [-0.39, 0.29) is 6.04 Å². The van der Waals surface area contributed by atoms with Crippen LogP contribution in [-0.4, -0.2) is 6.61 Å². The molecule has 100 valence electrons. The Balaban J connectivity index is 2.04. The normalized spacial score (nSPS) is 12.1. The molecular formula is C17H21NO. The Hall–Kier alpha value is -1.80. The molecule has 1 unspecified atom stereocenters. The van der Waals surface area contributed by atoms with Gasteiger partial charge in [-0.15, -0.1) is 0 Å². The second-order valence-electron chi connectivity index (χ2n) is 4.72. The van der Waals surface area contributed by atoms with Crippen molar-refractivity contribution in [3.8, 4) is 5.75 Å². The highest BCUT2D eigenvalue weighted by molar-refractivity contribution is 5.31. The summed E-state index contributed by atoms with van der Waals surface area (Å²) in [5, 5.41) is 0. The number of hydrogen-bond donors (Lipinski definition) is 1. The Morgan fingerprint density at radius 2 is 1.84 bits per heavy atom. The molecule has 0 aliphatic heterocycles. The van der Waals surface area contributed by atoms with Crippen LogP contribution in [0, 0.1) is 0 Å². The maximum atomic E-state index is 6.27. The Kier molecular flexibility index (Phi) is 4.99. The molecule has 0 bridgehead atoms. The van der Waals surface area contributed by atoms with E-state index < -0.39 is 0 Å². The number of hydrogen-bond acceptors (Lipinski definition) is 2. The van der Waals surface area contributed by atoms with Gasteiger partial charge in [0, 0.05) is 6.04 Å². The van der Waals surface area contributed by atoms with Crippen LogP contribution >= 0.6 is 0 Å². The van der Waals surface area contributed by atoms with Gasteiger partial charge in [0.05, 0.1) is 6.61 Å². The van der Waals surface area contributed by atoms with Gasteiger partial charge in [-0.05, 0) is 36.1 Å². The standard InChI is InChI=1S/C17H21NO/c1-2-11-19-16-10-6-9-15(13-16)17(18)12-14-7-4-3-5-8-14/h3-10,13,17H,2,11-12,18H2,1H3. The van der Waals surface area contributed by atoms with Gasteiger partial charge in [0.1, 0.15) is 5.75 Å². The molecule has 2 aromatic carbocycles. The lowest BCUT2D eigenvalue weighted by molar-refractivity contribution is 0.317. The van der Waals surface area contributed by atoms with E-state index in [0.717, 1.165) is 30.8 Å². The van der Waals surface area contributed by atoms with E-state index >= 15 is 0 Å². The van der Waals surface area contributed by atoms with Crippen LogP contribution in [0.15, 0.2) is 54.6 Å². The molecule has 2 nitrogen and oxygen atoms in total. The minimum absolute atomic E-state index is 0.00702. The van der Waals surface area contributed by atoms with Gasteiger partial charge in [0.25, 0.3) is 0 Å². The highest BCUT2D eigenvalue weighted by atomic mass is 16.5. The first-order chi connectivity index (χ1) is 9.29. The number of ether oxygens (including phenoxy) is 1. The largest absolute Gasteiger partial charge is 0.494 e. The maximum absolute atomic E-state index is 6.27. The average Bonchev–Trinajstić information content (AvgIpc) is 2.46. The van der Waals surface area contributed by atoms with Gasteiger partial charge in [0.15, 0.2) is 0 Å². The fourth-order valence-corrected chi connectivity index (χ4v) is 2.04. The predicted octanol–water partition coefficient (Wildman–Crippen LogP) is 3.72. The smallest absolute Gasteiger partial charge is 0.119 e. The van der Waals surface area contributed by atoms with Gasteiger partial charge >= 0.3 is 0 Å². The SMILES string of the molecule is CCCOc1cccc(C(N)Cc2ccccc2)c1. The van der Waals surface area contributed by atoms with E-state index in [1.807, 2.05) is 36.4 Å². The molecule has 0 amide bonds. The van der Waals surface area contributed by atoms with Crippen molar-refractivity contribution in [1.29, 1.82) is 0 Å². The van der Waals surface area contributed by atoms with E-state index in [0.29, 0.717) is 0 Å². The lowest BCUT2D eigenvalue weighted by Crippen LogP contribution is -2.13. The first kappa shape index (κ1) is 13.6. The monoisotopic (exact) mass is 255 g/mol. The summed E-state index contributed by atoms with van der Waals surface area (Å²) in [6.45, 7) is 2.85. The Bertz CT molecular complexity index is 496. The molecule has 0 saturated carbocycles. The third-order valence-corrected chi connectivity index (χ3v) is 3.06. The molecule has 0 radical (unpaired) electrons. The fourth-order valence-electron chi connectivity index (χ4n) is 2.04. The minimum Gasteiger partial charge on any atom is -0.494 e. The summed E-state index contributed by atoms with van der Waals surface area (Å²) in [5.41, 5.74) is 8.65. The van der Waals surface area contributed by atoms with Crippen molar-refractivity contribution in [2.45, 2.75) is 25.8 Å². The van der Waals surface area contributed by atoms with Gasteiger partial charge in [-0.2, -0.15) is 0 Å². The molecular weight excluding hydrogens is 234 g/mol. The minimum atomic E-state index is 0.00702. The van der Waals surface area contributed by atoms with Gasteiger partial charge in [-0.3, -0.25) is 0 Å². The van der Waals surface area contributed by atoms with E-state index in [1.165, 1.54) is 5.56 Å². The first-order valence-electron chi connectivity index (χ1n) is 6.82.